The van der Waals surface area contributed by atoms with Gasteiger partial charge >= 0.3 is 0 Å². The van der Waals surface area contributed by atoms with Crippen LogP contribution >= 0.6 is 0 Å². The summed E-state index contributed by atoms with van der Waals surface area (Å²) in [7, 11) is 0. The molecule has 1 aromatic heterocycles. The second-order valence-corrected chi connectivity index (χ2v) is 3.58. The van der Waals surface area contributed by atoms with Crippen molar-refractivity contribution in [3.05, 3.63) is 59.4 Å². The van der Waals surface area contributed by atoms with Gasteiger partial charge in [-0.15, -0.1) is 0 Å². The van der Waals surface area contributed by atoms with Crippen molar-refractivity contribution in [2.75, 3.05) is 5.32 Å². The molecule has 0 saturated heterocycles. The number of carbonyl (C=O) groups is 1. The van der Waals surface area contributed by atoms with Gasteiger partial charge in [-0.05, 0) is 12.1 Å². The Morgan fingerprint density at radius 1 is 1.05 bits per heavy atom. The third-order valence-corrected chi connectivity index (χ3v) is 2.23. The van der Waals surface area contributed by atoms with Crippen molar-refractivity contribution in [2.45, 2.75) is 0 Å². The van der Waals surface area contributed by atoms with Crippen LogP contribution in [0.5, 0.6) is 0 Å². The van der Waals surface area contributed by atoms with Crippen molar-refractivity contribution in [2.24, 2.45) is 0 Å². The van der Waals surface area contributed by atoms with E-state index in [9.17, 15) is 22.4 Å². The Balaban J connectivity index is 2.22. The molecular formula is C12H6F4N2O. The van der Waals surface area contributed by atoms with Gasteiger partial charge in [-0.3, -0.25) is 4.79 Å². The molecule has 1 N–H and O–H groups in total. The molecule has 0 spiro atoms. The zero-order chi connectivity index (χ0) is 14.0. The summed E-state index contributed by atoms with van der Waals surface area (Å²) < 4.78 is 51.1. The van der Waals surface area contributed by atoms with Crippen LogP contribution in [0.2, 0.25) is 0 Å². The number of hydrogen-bond donors (Lipinski definition) is 1. The van der Waals surface area contributed by atoms with Gasteiger partial charge in [0.05, 0.1) is 5.56 Å². The number of hydrogen-bond acceptors (Lipinski definition) is 2. The lowest BCUT2D eigenvalue weighted by Gasteiger charge is -2.06. The van der Waals surface area contributed by atoms with Crippen LogP contribution in [0.1, 0.15) is 10.4 Å². The molecule has 19 heavy (non-hydrogen) atoms. The lowest BCUT2D eigenvalue weighted by molar-refractivity contribution is 0.102. The summed E-state index contributed by atoms with van der Waals surface area (Å²) in [6.45, 7) is 0. The van der Waals surface area contributed by atoms with E-state index in [1.54, 1.807) is 0 Å². The van der Waals surface area contributed by atoms with E-state index in [2.05, 4.69) is 10.3 Å². The highest BCUT2D eigenvalue weighted by Gasteiger charge is 2.13. The summed E-state index contributed by atoms with van der Waals surface area (Å²) in [6.07, 6.45) is 0.959. The van der Waals surface area contributed by atoms with E-state index >= 15 is 0 Å². The van der Waals surface area contributed by atoms with Crippen molar-refractivity contribution >= 4 is 11.6 Å². The van der Waals surface area contributed by atoms with E-state index in [0.717, 1.165) is 18.3 Å². The Bertz CT molecular complexity index is 605. The Kier molecular flexibility index (Phi) is 3.46. The van der Waals surface area contributed by atoms with Gasteiger partial charge in [0.15, 0.2) is 17.5 Å². The number of carbonyl (C=O) groups excluding carboxylic acids is 1. The fourth-order valence-electron chi connectivity index (χ4n) is 1.34. The van der Waals surface area contributed by atoms with Crippen LogP contribution in [-0.4, -0.2) is 10.9 Å². The fourth-order valence-corrected chi connectivity index (χ4v) is 1.34. The average Bonchev–Trinajstić information content (AvgIpc) is 2.36. The Hall–Kier alpha value is -2.44. The number of benzene rings is 1. The van der Waals surface area contributed by atoms with Gasteiger partial charge < -0.3 is 5.32 Å². The third-order valence-electron chi connectivity index (χ3n) is 2.23. The predicted molar refractivity (Wildman–Crippen MR) is 58.5 cm³/mol. The van der Waals surface area contributed by atoms with Gasteiger partial charge in [-0.25, -0.2) is 18.2 Å². The normalized spacial score (nSPS) is 10.3. The molecule has 0 atom stereocenters. The first-order valence-corrected chi connectivity index (χ1v) is 5.05. The molecule has 1 aromatic carbocycles. The maximum atomic E-state index is 12.9. The van der Waals surface area contributed by atoms with E-state index < -0.39 is 29.3 Å². The second-order valence-electron chi connectivity index (χ2n) is 3.58. The summed E-state index contributed by atoms with van der Waals surface area (Å²) in [5, 5.41) is 2.14. The molecule has 1 amide bonds. The monoisotopic (exact) mass is 270 g/mol. The number of aromatic nitrogens is 1. The van der Waals surface area contributed by atoms with E-state index in [1.165, 1.54) is 0 Å². The first kappa shape index (κ1) is 13.0. The lowest BCUT2D eigenvalue weighted by atomic mass is 10.2. The second kappa shape index (κ2) is 5.05. The van der Waals surface area contributed by atoms with Crippen molar-refractivity contribution in [3.63, 3.8) is 0 Å². The minimum absolute atomic E-state index is 0.00783. The molecule has 2 aromatic rings. The molecule has 0 saturated carbocycles. The number of pyridine rings is 1. The van der Waals surface area contributed by atoms with Gasteiger partial charge in [-0.2, -0.15) is 4.39 Å². The number of rotatable bonds is 2. The van der Waals surface area contributed by atoms with Crippen LogP contribution in [0, 0.1) is 23.4 Å². The quantitative estimate of drug-likeness (QED) is 0.518. The summed E-state index contributed by atoms with van der Waals surface area (Å²) in [5.74, 6) is -5.99. The first-order chi connectivity index (χ1) is 8.97. The Morgan fingerprint density at radius 2 is 1.68 bits per heavy atom. The number of amides is 1. The van der Waals surface area contributed by atoms with Crippen molar-refractivity contribution in [1.29, 1.82) is 0 Å². The van der Waals surface area contributed by atoms with Crippen LogP contribution in [-0.2, 0) is 0 Å². The number of anilines is 1. The number of halogens is 4. The summed E-state index contributed by atoms with van der Waals surface area (Å²) in [6, 6.07) is 3.37. The van der Waals surface area contributed by atoms with Crippen LogP contribution in [0.25, 0.3) is 0 Å². The highest BCUT2D eigenvalue weighted by Crippen LogP contribution is 2.18. The lowest BCUT2D eigenvalue weighted by Crippen LogP contribution is -2.13. The van der Waals surface area contributed by atoms with Crippen molar-refractivity contribution < 1.29 is 22.4 Å². The average molecular weight is 270 g/mol. The van der Waals surface area contributed by atoms with E-state index in [1.807, 2.05) is 0 Å². The molecule has 0 fully saturated rings. The first-order valence-electron chi connectivity index (χ1n) is 5.05. The zero-order valence-corrected chi connectivity index (χ0v) is 9.25. The van der Waals surface area contributed by atoms with Gasteiger partial charge in [0, 0.05) is 24.0 Å². The molecule has 0 radical (unpaired) electrons. The van der Waals surface area contributed by atoms with Gasteiger partial charge in [0.25, 0.3) is 5.91 Å². The number of nitrogens with one attached hydrogen (secondary N) is 1. The fraction of sp³-hybridized carbons (Fsp3) is 0. The third kappa shape index (κ3) is 2.87. The van der Waals surface area contributed by atoms with Crippen LogP contribution < -0.4 is 5.32 Å². The molecular weight excluding hydrogens is 264 g/mol. The predicted octanol–water partition coefficient (Wildman–Crippen LogP) is 2.89. The molecule has 0 bridgehead atoms. The standard InChI is InChI=1S/C12H6F4N2O/c13-8-3-7(4-9(14)11(8)16)18-12(19)6-1-2-10(15)17-5-6/h1-5H,(H,18,19). The summed E-state index contributed by atoms with van der Waals surface area (Å²) >= 11 is 0. The zero-order valence-electron chi connectivity index (χ0n) is 9.25. The number of nitrogens with zero attached hydrogens (tertiary/aromatic N) is 1. The topological polar surface area (TPSA) is 42.0 Å². The van der Waals surface area contributed by atoms with Crippen molar-refractivity contribution in [3.8, 4) is 0 Å². The molecule has 3 nitrogen and oxygen atoms in total. The van der Waals surface area contributed by atoms with E-state index in [4.69, 9.17) is 0 Å². The summed E-state index contributed by atoms with van der Waals surface area (Å²) in [5.41, 5.74) is -0.266. The molecule has 0 aliphatic heterocycles. The minimum atomic E-state index is -1.62. The smallest absolute Gasteiger partial charge is 0.257 e. The molecule has 7 heteroatoms. The summed E-state index contributed by atoms with van der Waals surface area (Å²) in [4.78, 5) is 14.9. The molecule has 0 aliphatic rings. The molecule has 98 valence electrons. The van der Waals surface area contributed by atoms with Crippen LogP contribution in [0.4, 0.5) is 23.2 Å². The van der Waals surface area contributed by atoms with Gasteiger partial charge in [0.2, 0.25) is 5.95 Å². The van der Waals surface area contributed by atoms with Crippen molar-refractivity contribution in [1.82, 2.24) is 4.98 Å². The Labute approximate surface area is 104 Å². The van der Waals surface area contributed by atoms with Gasteiger partial charge in [-0.1, -0.05) is 0 Å². The largest absolute Gasteiger partial charge is 0.322 e. The highest BCUT2D eigenvalue weighted by atomic mass is 19.2. The molecule has 0 aliphatic carbocycles. The highest BCUT2D eigenvalue weighted by molar-refractivity contribution is 6.04. The van der Waals surface area contributed by atoms with E-state index in [0.29, 0.717) is 12.1 Å². The minimum Gasteiger partial charge on any atom is -0.322 e. The molecule has 0 unspecified atom stereocenters. The maximum Gasteiger partial charge on any atom is 0.257 e. The molecule has 1 heterocycles. The van der Waals surface area contributed by atoms with Crippen LogP contribution in [0.3, 0.4) is 0 Å². The molecule has 2 rings (SSSR count). The van der Waals surface area contributed by atoms with E-state index in [-0.39, 0.29) is 11.3 Å². The van der Waals surface area contributed by atoms with Gasteiger partial charge in [0.1, 0.15) is 0 Å². The van der Waals surface area contributed by atoms with Crippen LogP contribution in [0.15, 0.2) is 30.5 Å². The SMILES string of the molecule is O=C(Nc1cc(F)c(F)c(F)c1)c1ccc(F)nc1. The Morgan fingerprint density at radius 3 is 2.21 bits per heavy atom. The maximum absolute atomic E-state index is 12.9.